The van der Waals surface area contributed by atoms with Crippen molar-refractivity contribution < 1.29 is 0 Å². The molecule has 0 amide bonds. The molecule has 0 saturated heterocycles. The summed E-state index contributed by atoms with van der Waals surface area (Å²) in [5.41, 5.74) is 1.23. The van der Waals surface area contributed by atoms with Crippen LogP contribution in [0.3, 0.4) is 0 Å². The SMILES string of the molecule is CC(C)(C)P(c1ccc2[nH]ccc2c1)C(C)(C)C. The van der Waals surface area contributed by atoms with E-state index in [0.717, 1.165) is 0 Å². The number of aromatic amines is 1. The topological polar surface area (TPSA) is 15.8 Å². The van der Waals surface area contributed by atoms with Gasteiger partial charge in [0.25, 0.3) is 0 Å². The largest absolute Gasteiger partial charge is 0.361 e. The first-order chi connectivity index (χ1) is 8.19. The molecule has 0 saturated carbocycles. The van der Waals surface area contributed by atoms with Gasteiger partial charge in [-0.15, -0.1) is 0 Å². The molecule has 0 aliphatic carbocycles. The highest BCUT2D eigenvalue weighted by atomic mass is 31.1. The minimum absolute atomic E-state index is 0.206. The predicted molar refractivity (Wildman–Crippen MR) is 84.4 cm³/mol. The van der Waals surface area contributed by atoms with Crippen LogP contribution in [0.15, 0.2) is 30.5 Å². The Labute approximate surface area is 112 Å². The number of hydrogen-bond acceptors (Lipinski definition) is 0. The molecule has 0 aliphatic heterocycles. The average molecular weight is 261 g/mol. The van der Waals surface area contributed by atoms with Crippen LogP contribution in [0, 0.1) is 0 Å². The van der Waals surface area contributed by atoms with E-state index in [2.05, 4.69) is 70.8 Å². The molecule has 0 radical (unpaired) electrons. The van der Waals surface area contributed by atoms with Gasteiger partial charge in [0, 0.05) is 11.7 Å². The van der Waals surface area contributed by atoms with Crippen LogP contribution in [0.1, 0.15) is 41.5 Å². The maximum absolute atomic E-state index is 3.27. The van der Waals surface area contributed by atoms with Crippen molar-refractivity contribution in [2.24, 2.45) is 0 Å². The van der Waals surface area contributed by atoms with E-state index in [1.807, 2.05) is 6.20 Å². The number of H-pyrrole nitrogens is 1. The van der Waals surface area contributed by atoms with Crippen LogP contribution in [0.25, 0.3) is 10.9 Å². The standard InChI is InChI=1S/C16H24NP/c1-15(2,3)18(16(4,5)6)13-7-8-14-12(11-13)9-10-17-14/h7-11,17H,1-6H3. The van der Waals surface area contributed by atoms with Crippen molar-refractivity contribution in [1.29, 1.82) is 0 Å². The van der Waals surface area contributed by atoms with Crippen LogP contribution in [0.4, 0.5) is 0 Å². The second kappa shape index (κ2) is 4.38. The zero-order valence-corrected chi connectivity index (χ0v) is 13.2. The highest BCUT2D eigenvalue weighted by Gasteiger charge is 2.35. The minimum Gasteiger partial charge on any atom is -0.361 e. The summed E-state index contributed by atoms with van der Waals surface area (Å²) in [5, 5.41) is 3.50. The fraction of sp³-hybridized carbons (Fsp3) is 0.500. The van der Waals surface area contributed by atoms with E-state index in [-0.39, 0.29) is 7.92 Å². The van der Waals surface area contributed by atoms with Gasteiger partial charge in [0.15, 0.2) is 0 Å². The average Bonchev–Trinajstić information content (AvgIpc) is 2.59. The third kappa shape index (κ3) is 2.62. The van der Waals surface area contributed by atoms with Gasteiger partial charge in [0.2, 0.25) is 0 Å². The molecule has 2 rings (SSSR count). The molecule has 1 N–H and O–H groups in total. The van der Waals surface area contributed by atoms with Gasteiger partial charge in [-0.05, 0) is 39.2 Å². The molecule has 0 fully saturated rings. The molecular weight excluding hydrogens is 237 g/mol. The summed E-state index contributed by atoms with van der Waals surface area (Å²) < 4.78 is 0. The number of rotatable bonds is 1. The zero-order chi connectivity index (χ0) is 13.6. The fourth-order valence-electron chi connectivity index (χ4n) is 2.96. The first-order valence-electron chi connectivity index (χ1n) is 6.57. The van der Waals surface area contributed by atoms with Crippen LogP contribution >= 0.6 is 7.92 Å². The molecule has 18 heavy (non-hydrogen) atoms. The summed E-state index contributed by atoms with van der Waals surface area (Å²) in [6, 6.07) is 9.06. The third-order valence-corrected chi connectivity index (χ3v) is 6.61. The Hall–Kier alpha value is -0.810. The number of hydrogen-bond donors (Lipinski definition) is 1. The lowest BCUT2D eigenvalue weighted by Gasteiger charge is -2.41. The molecular formula is C16H24NP. The van der Waals surface area contributed by atoms with E-state index in [9.17, 15) is 0 Å². The van der Waals surface area contributed by atoms with Crippen molar-refractivity contribution in [3.05, 3.63) is 30.5 Å². The molecule has 1 heterocycles. The zero-order valence-electron chi connectivity index (χ0n) is 12.3. The number of nitrogens with one attached hydrogen (secondary N) is 1. The van der Waals surface area contributed by atoms with Crippen LogP contribution in [-0.4, -0.2) is 15.3 Å². The van der Waals surface area contributed by atoms with E-state index in [1.54, 1.807) is 0 Å². The van der Waals surface area contributed by atoms with Crippen molar-refractivity contribution in [3.63, 3.8) is 0 Å². The highest BCUT2D eigenvalue weighted by Crippen LogP contribution is 2.58. The summed E-state index contributed by atoms with van der Waals surface area (Å²) >= 11 is 0. The lowest BCUT2D eigenvalue weighted by atomic mass is 10.2. The Balaban J connectivity index is 2.54. The summed E-state index contributed by atoms with van der Waals surface area (Å²) in [6.07, 6.45) is 2.02. The molecule has 2 aromatic rings. The highest BCUT2D eigenvalue weighted by molar-refractivity contribution is 7.68. The second-order valence-electron chi connectivity index (χ2n) is 6.93. The Kier molecular flexibility index (Phi) is 3.32. The van der Waals surface area contributed by atoms with Crippen molar-refractivity contribution in [2.75, 3.05) is 0 Å². The Bertz CT molecular complexity index is 526. The monoisotopic (exact) mass is 261 g/mol. The molecule has 0 unspecified atom stereocenters. The molecule has 1 aromatic carbocycles. The van der Waals surface area contributed by atoms with Crippen molar-refractivity contribution in [2.45, 2.75) is 51.9 Å². The summed E-state index contributed by atoms with van der Waals surface area (Å²) in [6.45, 7) is 14.2. The van der Waals surface area contributed by atoms with Crippen LogP contribution in [-0.2, 0) is 0 Å². The summed E-state index contributed by atoms with van der Waals surface area (Å²) in [4.78, 5) is 3.27. The molecule has 0 bridgehead atoms. The van der Waals surface area contributed by atoms with Crippen LogP contribution < -0.4 is 5.30 Å². The molecule has 0 atom stereocenters. The first-order valence-corrected chi connectivity index (χ1v) is 7.91. The minimum atomic E-state index is -0.206. The normalized spacial score (nSPS) is 13.5. The van der Waals surface area contributed by atoms with Crippen LogP contribution in [0.2, 0.25) is 0 Å². The van der Waals surface area contributed by atoms with E-state index in [4.69, 9.17) is 0 Å². The molecule has 1 nitrogen and oxygen atoms in total. The van der Waals surface area contributed by atoms with E-state index >= 15 is 0 Å². The van der Waals surface area contributed by atoms with Crippen molar-refractivity contribution in [3.8, 4) is 0 Å². The van der Waals surface area contributed by atoms with Gasteiger partial charge < -0.3 is 4.98 Å². The Morgan fingerprint density at radius 3 is 2.06 bits per heavy atom. The van der Waals surface area contributed by atoms with E-state index < -0.39 is 0 Å². The van der Waals surface area contributed by atoms with Gasteiger partial charge in [-0.25, -0.2) is 0 Å². The molecule has 2 heteroatoms. The van der Waals surface area contributed by atoms with Gasteiger partial charge in [-0.2, -0.15) is 0 Å². The smallest absolute Gasteiger partial charge is 0.0454 e. The fourth-order valence-corrected chi connectivity index (χ4v) is 7.01. The molecule has 0 aliphatic rings. The number of aromatic nitrogens is 1. The number of benzene rings is 1. The Morgan fingerprint density at radius 2 is 1.50 bits per heavy atom. The van der Waals surface area contributed by atoms with Gasteiger partial charge in [-0.3, -0.25) is 0 Å². The van der Waals surface area contributed by atoms with Crippen molar-refractivity contribution >= 4 is 24.1 Å². The van der Waals surface area contributed by atoms with Gasteiger partial charge in [0.1, 0.15) is 0 Å². The quantitative estimate of drug-likeness (QED) is 0.705. The Morgan fingerprint density at radius 1 is 0.889 bits per heavy atom. The van der Waals surface area contributed by atoms with Gasteiger partial charge in [-0.1, -0.05) is 55.5 Å². The van der Waals surface area contributed by atoms with Crippen molar-refractivity contribution in [1.82, 2.24) is 4.98 Å². The number of fused-ring (bicyclic) bond motifs is 1. The maximum atomic E-state index is 3.27. The molecule has 98 valence electrons. The van der Waals surface area contributed by atoms with Gasteiger partial charge >= 0.3 is 0 Å². The molecule has 1 aromatic heterocycles. The first kappa shape index (κ1) is 13.6. The second-order valence-corrected chi connectivity index (χ2v) is 10.8. The van der Waals surface area contributed by atoms with E-state index in [0.29, 0.717) is 10.3 Å². The maximum Gasteiger partial charge on any atom is 0.0454 e. The van der Waals surface area contributed by atoms with Crippen LogP contribution in [0.5, 0.6) is 0 Å². The summed E-state index contributed by atoms with van der Waals surface area (Å²) in [5.74, 6) is 0. The third-order valence-electron chi connectivity index (χ3n) is 3.14. The van der Waals surface area contributed by atoms with E-state index in [1.165, 1.54) is 16.2 Å². The molecule has 0 spiro atoms. The summed E-state index contributed by atoms with van der Waals surface area (Å²) in [7, 11) is -0.206. The lowest BCUT2D eigenvalue weighted by Crippen LogP contribution is -2.30. The predicted octanol–water partition coefficient (Wildman–Crippen LogP) is 4.87. The van der Waals surface area contributed by atoms with Gasteiger partial charge in [0.05, 0.1) is 0 Å². The lowest BCUT2D eigenvalue weighted by molar-refractivity contribution is 0.715.